The van der Waals surface area contributed by atoms with Crippen molar-refractivity contribution < 1.29 is 19.1 Å². The molecule has 2 aromatic rings. The summed E-state index contributed by atoms with van der Waals surface area (Å²) < 4.78 is 10.6. The molecule has 6 heteroatoms. The van der Waals surface area contributed by atoms with Crippen molar-refractivity contribution in [2.75, 3.05) is 20.2 Å². The Balaban J connectivity index is 1.71. The van der Waals surface area contributed by atoms with Crippen molar-refractivity contribution in [1.82, 2.24) is 4.90 Å². The number of methoxy groups -OCH3 is 1. The molecule has 0 spiro atoms. The maximum atomic E-state index is 12.7. The molecule has 3 rings (SSSR count). The van der Waals surface area contributed by atoms with Crippen LogP contribution in [0.25, 0.3) is 0 Å². The lowest BCUT2D eigenvalue weighted by Gasteiger charge is -2.40. The summed E-state index contributed by atoms with van der Waals surface area (Å²) >= 11 is 5.97. The molecule has 28 heavy (non-hydrogen) atoms. The van der Waals surface area contributed by atoms with E-state index >= 15 is 0 Å². The Morgan fingerprint density at radius 1 is 1.07 bits per heavy atom. The van der Waals surface area contributed by atoms with Crippen molar-refractivity contribution in [3.05, 3.63) is 70.7 Å². The smallest absolute Gasteiger partial charge is 0.410 e. The minimum atomic E-state index is -0.785. The molecular formula is C22H24ClNO4. The van der Waals surface area contributed by atoms with Crippen molar-refractivity contribution in [3.8, 4) is 0 Å². The highest BCUT2D eigenvalue weighted by Gasteiger charge is 2.45. The van der Waals surface area contributed by atoms with Crippen molar-refractivity contribution in [1.29, 1.82) is 0 Å². The third-order valence-electron chi connectivity index (χ3n) is 5.11. The van der Waals surface area contributed by atoms with Crippen LogP contribution in [0.3, 0.4) is 0 Å². The van der Waals surface area contributed by atoms with Crippen LogP contribution in [0.1, 0.15) is 24.0 Å². The number of nitrogens with zero attached hydrogens (tertiary/aromatic N) is 1. The van der Waals surface area contributed by atoms with Crippen molar-refractivity contribution >= 4 is 23.7 Å². The number of hydrogen-bond donors (Lipinski definition) is 0. The lowest BCUT2D eigenvalue weighted by molar-refractivity contribution is -0.156. The highest BCUT2D eigenvalue weighted by atomic mass is 35.5. The second-order valence-corrected chi connectivity index (χ2v) is 7.58. The van der Waals surface area contributed by atoms with Gasteiger partial charge in [0.2, 0.25) is 0 Å². The minimum absolute atomic E-state index is 0.207. The van der Waals surface area contributed by atoms with E-state index in [0.29, 0.717) is 30.8 Å². The van der Waals surface area contributed by atoms with Crippen LogP contribution in [-0.2, 0) is 27.3 Å². The summed E-state index contributed by atoms with van der Waals surface area (Å²) in [6, 6.07) is 16.9. The van der Waals surface area contributed by atoms with E-state index < -0.39 is 11.5 Å². The molecular weight excluding hydrogens is 378 g/mol. The fraction of sp³-hybridized carbons (Fsp3) is 0.364. The van der Waals surface area contributed by atoms with Crippen LogP contribution in [0.5, 0.6) is 0 Å². The predicted octanol–water partition coefficient (Wildman–Crippen LogP) is 4.47. The van der Waals surface area contributed by atoms with E-state index in [1.54, 1.807) is 17.0 Å². The van der Waals surface area contributed by atoms with E-state index in [4.69, 9.17) is 21.1 Å². The first kappa shape index (κ1) is 20.2. The Labute approximate surface area is 170 Å². The quantitative estimate of drug-likeness (QED) is 0.693. The van der Waals surface area contributed by atoms with Gasteiger partial charge in [0.25, 0.3) is 0 Å². The first-order valence-corrected chi connectivity index (χ1v) is 9.69. The van der Waals surface area contributed by atoms with Gasteiger partial charge in [0.15, 0.2) is 0 Å². The van der Waals surface area contributed by atoms with E-state index in [1.807, 2.05) is 42.5 Å². The maximum Gasteiger partial charge on any atom is 0.410 e. The predicted molar refractivity (Wildman–Crippen MR) is 107 cm³/mol. The second kappa shape index (κ2) is 9.11. The zero-order valence-corrected chi connectivity index (χ0v) is 16.7. The Bertz CT molecular complexity index is 809. The molecule has 1 unspecified atom stereocenters. The SMILES string of the molecule is COC(=O)C1(Cc2ccc(Cl)cc2)CCCN(C(=O)OCc2ccccc2)C1. The van der Waals surface area contributed by atoms with E-state index in [1.165, 1.54) is 7.11 Å². The summed E-state index contributed by atoms with van der Waals surface area (Å²) in [7, 11) is 1.39. The molecule has 1 heterocycles. The molecule has 0 N–H and O–H groups in total. The number of ether oxygens (including phenoxy) is 2. The normalized spacial score (nSPS) is 19.1. The van der Waals surface area contributed by atoms with Crippen LogP contribution in [0.15, 0.2) is 54.6 Å². The molecule has 0 radical (unpaired) electrons. The van der Waals surface area contributed by atoms with Gasteiger partial charge in [-0.3, -0.25) is 4.79 Å². The van der Waals surface area contributed by atoms with Gasteiger partial charge in [0.05, 0.1) is 12.5 Å². The van der Waals surface area contributed by atoms with Crippen molar-refractivity contribution in [2.45, 2.75) is 25.9 Å². The Morgan fingerprint density at radius 3 is 2.46 bits per heavy atom. The molecule has 1 saturated heterocycles. The van der Waals surface area contributed by atoms with Crippen molar-refractivity contribution in [3.63, 3.8) is 0 Å². The Kier molecular flexibility index (Phi) is 6.57. The number of benzene rings is 2. The zero-order chi connectivity index (χ0) is 20.0. The van der Waals surface area contributed by atoms with Crippen LogP contribution in [0.2, 0.25) is 5.02 Å². The number of esters is 1. The number of hydrogen-bond acceptors (Lipinski definition) is 4. The first-order chi connectivity index (χ1) is 13.5. The van der Waals surface area contributed by atoms with Gasteiger partial charge < -0.3 is 14.4 Å². The van der Waals surface area contributed by atoms with Gasteiger partial charge in [-0.05, 0) is 42.5 Å². The molecule has 1 fully saturated rings. The molecule has 1 atom stereocenters. The number of amides is 1. The van der Waals surface area contributed by atoms with E-state index in [-0.39, 0.29) is 19.1 Å². The third kappa shape index (κ3) is 4.84. The van der Waals surface area contributed by atoms with Gasteiger partial charge in [0.1, 0.15) is 6.61 Å². The molecule has 148 valence electrons. The van der Waals surface area contributed by atoms with Crippen LogP contribution < -0.4 is 0 Å². The zero-order valence-electron chi connectivity index (χ0n) is 15.9. The molecule has 0 aromatic heterocycles. The number of likely N-dealkylation sites (tertiary alicyclic amines) is 1. The highest BCUT2D eigenvalue weighted by Crippen LogP contribution is 2.35. The largest absolute Gasteiger partial charge is 0.469 e. The Hall–Kier alpha value is -2.53. The molecule has 1 aliphatic rings. The summed E-state index contributed by atoms with van der Waals surface area (Å²) in [5.41, 5.74) is 1.12. The van der Waals surface area contributed by atoms with Crippen LogP contribution in [0, 0.1) is 5.41 Å². The molecule has 0 bridgehead atoms. The highest BCUT2D eigenvalue weighted by molar-refractivity contribution is 6.30. The van der Waals surface area contributed by atoms with Gasteiger partial charge >= 0.3 is 12.1 Å². The number of halogens is 1. The third-order valence-corrected chi connectivity index (χ3v) is 5.37. The lowest BCUT2D eigenvalue weighted by atomic mass is 9.75. The van der Waals surface area contributed by atoms with Crippen LogP contribution >= 0.6 is 11.6 Å². The standard InChI is InChI=1S/C22H24ClNO4/c1-27-20(25)22(14-17-8-10-19(23)11-9-17)12-5-13-24(16-22)21(26)28-15-18-6-3-2-4-7-18/h2-4,6-11H,5,12-16H2,1H3. The monoisotopic (exact) mass is 401 g/mol. The fourth-order valence-corrected chi connectivity index (χ4v) is 3.82. The fourth-order valence-electron chi connectivity index (χ4n) is 3.69. The molecule has 1 amide bonds. The average molecular weight is 402 g/mol. The average Bonchev–Trinajstić information content (AvgIpc) is 2.74. The van der Waals surface area contributed by atoms with E-state index in [9.17, 15) is 9.59 Å². The molecule has 0 aliphatic carbocycles. The van der Waals surface area contributed by atoms with E-state index in [2.05, 4.69) is 0 Å². The summed E-state index contributed by atoms with van der Waals surface area (Å²) in [6.45, 7) is 1.04. The number of carbonyl (C=O) groups excluding carboxylic acids is 2. The van der Waals surface area contributed by atoms with Gasteiger partial charge in [-0.15, -0.1) is 0 Å². The number of rotatable bonds is 5. The van der Waals surface area contributed by atoms with Gasteiger partial charge in [-0.1, -0.05) is 54.1 Å². The van der Waals surface area contributed by atoms with Gasteiger partial charge in [-0.2, -0.15) is 0 Å². The van der Waals surface area contributed by atoms with Gasteiger partial charge in [0, 0.05) is 18.1 Å². The van der Waals surface area contributed by atoms with Crippen LogP contribution in [0.4, 0.5) is 4.79 Å². The number of carbonyl (C=O) groups is 2. The van der Waals surface area contributed by atoms with Crippen LogP contribution in [-0.4, -0.2) is 37.2 Å². The number of piperidine rings is 1. The van der Waals surface area contributed by atoms with Gasteiger partial charge in [-0.25, -0.2) is 4.79 Å². The maximum absolute atomic E-state index is 12.7. The lowest BCUT2D eigenvalue weighted by Crippen LogP contribution is -2.51. The van der Waals surface area contributed by atoms with E-state index in [0.717, 1.165) is 11.1 Å². The second-order valence-electron chi connectivity index (χ2n) is 7.14. The first-order valence-electron chi connectivity index (χ1n) is 9.31. The molecule has 2 aromatic carbocycles. The Morgan fingerprint density at radius 2 is 1.79 bits per heavy atom. The topological polar surface area (TPSA) is 55.8 Å². The minimum Gasteiger partial charge on any atom is -0.469 e. The molecule has 1 aliphatic heterocycles. The van der Waals surface area contributed by atoms with Crippen molar-refractivity contribution in [2.24, 2.45) is 5.41 Å². The molecule has 0 saturated carbocycles. The summed E-state index contributed by atoms with van der Waals surface area (Å²) in [4.78, 5) is 26.9. The summed E-state index contributed by atoms with van der Waals surface area (Å²) in [5.74, 6) is -0.303. The molecule has 5 nitrogen and oxygen atoms in total. The summed E-state index contributed by atoms with van der Waals surface area (Å²) in [6.07, 6.45) is 1.45. The summed E-state index contributed by atoms with van der Waals surface area (Å²) in [5, 5.41) is 0.644.